The Kier molecular flexibility index (Phi) is 4.61. The number of halogens is 1. The van der Waals surface area contributed by atoms with Gasteiger partial charge in [0.15, 0.2) is 0 Å². The maximum absolute atomic E-state index is 6.30. The number of hydrogen-bond donors (Lipinski definition) is 1. The molecule has 2 aromatic carbocycles. The van der Waals surface area contributed by atoms with Crippen LogP contribution in [0.5, 0.6) is 5.75 Å². The fourth-order valence-corrected chi connectivity index (χ4v) is 2.79. The van der Waals surface area contributed by atoms with Gasteiger partial charge in [0.2, 0.25) is 0 Å². The lowest BCUT2D eigenvalue weighted by atomic mass is 9.98. The first-order valence-electron chi connectivity index (χ1n) is 6.24. The molecule has 19 heavy (non-hydrogen) atoms. The monoisotopic (exact) mass is 319 g/mol. The topological polar surface area (TPSA) is 35.2 Å². The fraction of sp³-hybridized carbons (Fsp3) is 0.250. The van der Waals surface area contributed by atoms with Gasteiger partial charge >= 0.3 is 0 Å². The Labute approximate surface area is 122 Å². The summed E-state index contributed by atoms with van der Waals surface area (Å²) in [7, 11) is 1.66. The Balaban J connectivity index is 2.18. The van der Waals surface area contributed by atoms with Crippen molar-refractivity contribution in [2.45, 2.75) is 19.4 Å². The van der Waals surface area contributed by atoms with Crippen molar-refractivity contribution in [3.05, 3.63) is 63.6 Å². The quantitative estimate of drug-likeness (QED) is 0.924. The second-order valence-electron chi connectivity index (χ2n) is 4.69. The highest BCUT2D eigenvalue weighted by atomic mass is 79.9. The van der Waals surface area contributed by atoms with E-state index in [9.17, 15) is 0 Å². The van der Waals surface area contributed by atoms with Crippen LogP contribution in [0.15, 0.2) is 46.9 Å². The molecular formula is C16H18BrNO. The third kappa shape index (κ3) is 3.58. The van der Waals surface area contributed by atoms with Crippen LogP contribution in [0.4, 0.5) is 0 Å². The van der Waals surface area contributed by atoms with Gasteiger partial charge in [-0.05, 0) is 36.6 Å². The lowest BCUT2D eigenvalue weighted by Crippen LogP contribution is -2.14. The summed E-state index contributed by atoms with van der Waals surface area (Å²) >= 11 is 3.56. The molecule has 100 valence electrons. The fourth-order valence-electron chi connectivity index (χ4n) is 2.14. The number of nitrogens with two attached hydrogens (primary N) is 1. The molecule has 2 nitrogen and oxygen atoms in total. The summed E-state index contributed by atoms with van der Waals surface area (Å²) in [6, 6.07) is 14.3. The molecule has 0 aliphatic carbocycles. The van der Waals surface area contributed by atoms with Crippen molar-refractivity contribution in [1.29, 1.82) is 0 Å². The first-order chi connectivity index (χ1) is 9.10. The minimum absolute atomic E-state index is 0.0259. The highest BCUT2D eigenvalue weighted by Gasteiger charge is 2.11. The summed E-state index contributed by atoms with van der Waals surface area (Å²) in [6.45, 7) is 2.10. The van der Waals surface area contributed by atoms with Crippen LogP contribution in [0.25, 0.3) is 0 Å². The molecule has 0 aliphatic rings. The van der Waals surface area contributed by atoms with Crippen LogP contribution in [0.2, 0.25) is 0 Å². The molecule has 0 bridgehead atoms. The Morgan fingerprint density at radius 1 is 1.21 bits per heavy atom. The zero-order valence-corrected chi connectivity index (χ0v) is 12.8. The van der Waals surface area contributed by atoms with Crippen molar-refractivity contribution in [3.63, 3.8) is 0 Å². The van der Waals surface area contributed by atoms with Crippen molar-refractivity contribution >= 4 is 15.9 Å². The number of rotatable bonds is 4. The van der Waals surface area contributed by atoms with Gasteiger partial charge in [-0.25, -0.2) is 0 Å². The Morgan fingerprint density at radius 2 is 2.00 bits per heavy atom. The Bertz CT molecular complexity index is 568. The molecule has 0 fully saturated rings. The summed E-state index contributed by atoms with van der Waals surface area (Å²) in [5, 5.41) is 0. The second kappa shape index (κ2) is 6.22. The number of aryl methyl sites for hydroxylation is 1. The molecule has 0 aliphatic heterocycles. The molecule has 0 heterocycles. The van der Waals surface area contributed by atoms with Gasteiger partial charge < -0.3 is 10.5 Å². The third-order valence-corrected chi connectivity index (χ3v) is 3.83. The van der Waals surface area contributed by atoms with Gasteiger partial charge in [0.25, 0.3) is 0 Å². The Hall–Kier alpha value is -1.32. The summed E-state index contributed by atoms with van der Waals surface area (Å²) in [5.74, 6) is 0.832. The number of ether oxygens (including phenoxy) is 1. The van der Waals surface area contributed by atoms with Crippen molar-refractivity contribution in [2.75, 3.05) is 7.11 Å². The molecular weight excluding hydrogens is 302 g/mol. The molecule has 1 unspecified atom stereocenters. The molecule has 0 saturated carbocycles. The molecule has 2 aromatic rings. The summed E-state index contributed by atoms with van der Waals surface area (Å²) < 4.78 is 6.19. The van der Waals surface area contributed by atoms with E-state index >= 15 is 0 Å². The summed E-state index contributed by atoms with van der Waals surface area (Å²) in [5.41, 5.74) is 9.92. The van der Waals surface area contributed by atoms with Gasteiger partial charge in [-0.1, -0.05) is 51.8 Å². The van der Waals surface area contributed by atoms with Crippen molar-refractivity contribution < 1.29 is 4.74 Å². The molecule has 1 atom stereocenters. The minimum Gasteiger partial charge on any atom is -0.497 e. The summed E-state index contributed by atoms with van der Waals surface area (Å²) in [4.78, 5) is 0. The predicted octanol–water partition coefficient (Wildman–Crippen LogP) is 4.01. The van der Waals surface area contributed by atoms with Crippen molar-refractivity contribution in [2.24, 2.45) is 5.73 Å². The second-order valence-corrected chi connectivity index (χ2v) is 5.54. The van der Waals surface area contributed by atoms with Gasteiger partial charge in [-0.15, -0.1) is 0 Å². The maximum atomic E-state index is 6.30. The largest absolute Gasteiger partial charge is 0.497 e. The van der Waals surface area contributed by atoms with E-state index in [2.05, 4.69) is 47.1 Å². The average molecular weight is 320 g/mol. The van der Waals surface area contributed by atoms with Crippen LogP contribution in [0, 0.1) is 6.92 Å². The highest BCUT2D eigenvalue weighted by molar-refractivity contribution is 9.10. The van der Waals surface area contributed by atoms with Crippen molar-refractivity contribution in [1.82, 2.24) is 0 Å². The van der Waals surface area contributed by atoms with E-state index < -0.39 is 0 Å². The molecule has 2 rings (SSSR count). The van der Waals surface area contributed by atoms with Crippen LogP contribution in [-0.4, -0.2) is 7.11 Å². The zero-order chi connectivity index (χ0) is 13.8. The minimum atomic E-state index is -0.0259. The smallest absolute Gasteiger partial charge is 0.120 e. The van der Waals surface area contributed by atoms with E-state index in [0.29, 0.717) is 0 Å². The van der Waals surface area contributed by atoms with Crippen LogP contribution >= 0.6 is 15.9 Å². The van der Waals surface area contributed by atoms with E-state index in [0.717, 1.165) is 22.2 Å². The molecule has 0 radical (unpaired) electrons. The van der Waals surface area contributed by atoms with E-state index in [1.165, 1.54) is 11.1 Å². The maximum Gasteiger partial charge on any atom is 0.120 e. The lowest BCUT2D eigenvalue weighted by Gasteiger charge is -2.15. The van der Waals surface area contributed by atoms with Gasteiger partial charge in [-0.3, -0.25) is 0 Å². The normalized spacial score (nSPS) is 12.2. The standard InChI is InChI=1S/C16H18BrNO/c1-11-4-3-5-12(8-11)9-16(18)14-7-6-13(19-2)10-15(14)17/h3-8,10,16H,9,18H2,1-2H3. The van der Waals surface area contributed by atoms with Crippen LogP contribution in [0.1, 0.15) is 22.7 Å². The van der Waals surface area contributed by atoms with E-state index in [-0.39, 0.29) is 6.04 Å². The number of methoxy groups -OCH3 is 1. The first kappa shape index (κ1) is 14.1. The highest BCUT2D eigenvalue weighted by Crippen LogP contribution is 2.28. The molecule has 3 heteroatoms. The van der Waals surface area contributed by atoms with Crippen molar-refractivity contribution in [3.8, 4) is 5.75 Å². The van der Waals surface area contributed by atoms with E-state index in [1.807, 2.05) is 18.2 Å². The third-order valence-electron chi connectivity index (χ3n) is 3.15. The lowest BCUT2D eigenvalue weighted by molar-refractivity contribution is 0.414. The van der Waals surface area contributed by atoms with Crippen LogP contribution in [0.3, 0.4) is 0 Å². The summed E-state index contributed by atoms with van der Waals surface area (Å²) in [6.07, 6.45) is 0.826. The van der Waals surface area contributed by atoms with Crippen LogP contribution in [-0.2, 0) is 6.42 Å². The first-order valence-corrected chi connectivity index (χ1v) is 7.04. The van der Waals surface area contributed by atoms with Crippen LogP contribution < -0.4 is 10.5 Å². The van der Waals surface area contributed by atoms with Gasteiger partial charge in [-0.2, -0.15) is 0 Å². The van der Waals surface area contributed by atoms with E-state index in [4.69, 9.17) is 10.5 Å². The predicted molar refractivity (Wildman–Crippen MR) is 82.5 cm³/mol. The molecule has 0 saturated heterocycles. The van der Waals surface area contributed by atoms with E-state index in [1.54, 1.807) is 7.11 Å². The molecule has 0 spiro atoms. The number of benzene rings is 2. The zero-order valence-electron chi connectivity index (χ0n) is 11.2. The molecule has 0 aromatic heterocycles. The van der Waals surface area contributed by atoms with Gasteiger partial charge in [0.05, 0.1) is 7.11 Å². The van der Waals surface area contributed by atoms with Gasteiger partial charge in [0.1, 0.15) is 5.75 Å². The molecule has 2 N–H and O–H groups in total. The number of hydrogen-bond acceptors (Lipinski definition) is 2. The van der Waals surface area contributed by atoms with Gasteiger partial charge in [0, 0.05) is 10.5 Å². The Morgan fingerprint density at radius 3 is 2.63 bits per heavy atom. The SMILES string of the molecule is COc1ccc(C(N)Cc2cccc(C)c2)c(Br)c1. The average Bonchev–Trinajstić information content (AvgIpc) is 2.38. The molecule has 0 amide bonds.